The summed E-state index contributed by atoms with van der Waals surface area (Å²) in [6, 6.07) is 7.88. The molecule has 0 aliphatic heterocycles. The fourth-order valence-electron chi connectivity index (χ4n) is 2.04. The van der Waals surface area contributed by atoms with Crippen LogP contribution in [0.1, 0.15) is 29.7 Å². The molecule has 0 saturated heterocycles. The fraction of sp³-hybridized carbons (Fsp3) is 0.267. The first-order valence-corrected chi connectivity index (χ1v) is 8.94. The van der Waals surface area contributed by atoms with Gasteiger partial charge in [-0.3, -0.25) is 9.48 Å². The van der Waals surface area contributed by atoms with Crippen LogP contribution in [0, 0.1) is 11.3 Å². The molecule has 9 heteroatoms. The summed E-state index contributed by atoms with van der Waals surface area (Å²) >= 11 is 0. The highest BCUT2D eigenvalue weighted by Crippen LogP contribution is 2.23. The molecule has 0 bridgehead atoms. The lowest BCUT2D eigenvalue weighted by Crippen LogP contribution is -2.12. The predicted molar refractivity (Wildman–Crippen MR) is 88.5 cm³/mol. The lowest BCUT2D eigenvalue weighted by molar-refractivity contribution is 0.100. The van der Waals surface area contributed by atoms with E-state index in [2.05, 4.69) is 10.4 Å². The van der Waals surface area contributed by atoms with Crippen molar-refractivity contribution in [1.29, 1.82) is 5.26 Å². The molecule has 8 nitrogen and oxygen atoms in total. The number of hydrogen-bond donors (Lipinski definition) is 2. The second kappa shape index (κ2) is 6.72. The van der Waals surface area contributed by atoms with Gasteiger partial charge in [0.1, 0.15) is 5.56 Å². The number of nitrogens with one attached hydrogen (secondary N) is 1. The van der Waals surface area contributed by atoms with Crippen LogP contribution in [0.5, 0.6) is 0 Å². The van der Waals surface area contributed by atoms with Crippen molar-refractivity contribution in [1.82, 2.24) is 9.78 Å². The van der Waals surface area contributed by atoms with Crippen LogP contribution in [0.3, 0.4) is 0 Å². The minimum atomic E-state index is -3.28. The van der Waals surface area contributed by atoms with Crippen LogP contribution in [-0.4, -0.2) is 30.4 Å². The third-order valence-electron chi connectivity index (χ3n) is 3.38. The fourth-order valence-corrected chi connectivity index (χ4v) is 2.67. The van der Waals surface area contributed by atoms with Gasteiger partial charge in [-0.1, -0.05) is 0 Å². The number of nitrogens with zero attached hydrogens (tertiary/aromatic N) is 3. The van der Waals surface area contributed by atoms with Gasteiger partial charge in [0.2, 0.25) is 0 Å². The van der Waals surface area contributed by atoms with Crippen molar-refractivity contribution in [3.8, 4) is 6.07 Å². The summed E-state index contributed by atoms with van der Waals surface area (Å²) in [7, 11) is -3.28. The van der Waals surface area contributed by atoms with Gasteiger partial charge in [0.15, 0.2) is 15.7 Å². The molecule has 0 spiro atoms. The molecule has 0 aliphatic carbocycles. The second-order valence-corrected chi connectivity index (χ2v) is 7.38. The average molecular weight is 347 g/mol. The molecule has 1 atom stereocenters. The van der Waals surface area contributed by atoms with E-state index in [9.17, 15) is 13.2 Å². The first-order chi connectivity index (χ1) is 11.2. The van der Waals surface area contributed by atoms with Gasteiger partial charge >= 0.3 is 0 Å². The number of aromatic nitrogens is 2. The van der Waals surface area contributed by atoms with E-state index >= 15 is 0 Å². The van der Waals surface area contributed by atoms with Gasteiger partial charge in [-0.2, -0.15) is 10.4 Å². The van der Waals surface area contributed by atoms with Crippen LogP contribution in [0.2, 0.25) is 0 Å². The normalized spacial score (nSPS) is 12.4. The molecule has 1 unspecified atom stereocenters. The standard InChI is InChI=1S/C15H17N5O3S/c1-10(7-8-16)20-9-13(14(17)21)15(19-20)18-11-3-5-12(6-4-11)24(2,22)23/h3-6,9-10H,7H2,1-2H3,(H2,17,21)(H,18,19). The van der Waals surface area contributed by atoms with E-state index in [0.29, 0.717) is 5.69 Å². The Morgan fingerprint density at radius 2 is 2.04 bits per heavy atom. The quantitative estimate of drug-likeness (QED) is 0.816. The molecule has 2 aromatic rings. The van der Waals surface area contributed by atoms with E-state index < -0.39 is 15.7 Å². The Bertz CT molecular complexity index is 894. The Kier molecular flexibility index (Phi) is 4.90. The Labute approximate surface area is 139 Å². The van der Waals surface area contributed by atoms with E-state index in [1.54, 1.807) is 19.1 Å². The van der Waals surface area contributed by atoms with Crippen LogP contribution in [0.4, 0.5) is 11.5 Å². The predicted octanol–water partition coefficient (Wildman–Crippen LogP) is 1.60. The van der Waals surface area contributed by atoms with Crippen LogP contribution in [0.15, 0.2) is 35.4 Å². The van der Waals surface area contributed by atoms with Crippen LogP contribution in [-0.2, 0) is 9.84 Å². The number of nitriles is 1. The van der Waals surface area contributed by atoms with Gasteiger partial charge in [-0.15, -0.1) is 0 Å². The van der Waals surface area contributed by atoms with Gasteiger partial charge in [-0.05, 0) is 31.2 Å². The third kappa shape index (κ3) is 3.91. The van der Waals surface area contributed by atoms with Crippen molar-refractivity contribution >= 4 is 27.2 Å². The lowest BCUT2D eigenvalue weighted by atomic mass is 10.2. The molecule has 24 heavy (non-hydrogen) atoms. The smallest absolute Gasteiger partial charge is 0.254 e. The largest absolute Gasteiger partial charge is 0.365 e. The molecular weight excluding hydrogens is 330 g/mol. The SMILES string of the molecule is CC(CC#N)n1cc(C(N)=O)c(Nc2ccc(S(C)(=O)=O)cc2)n1. The topological polar surface area (TPSA) is 131 Å². The van der Waals surface area contributed by atoms with Gasteiger partial charge in [0.05, 0.1) is 23.4 Å². The van der Waals surface area contributed by atoms with E-state index in [4.69, 9.17) is 11.0 Å². The average Bonchev–Trinajstić information content (AvgIpc) is 2.91. The molecule has 0 fully saturated rings. The number of anilines is 2. The zero-order valence-corrected chi connectivity index (χ0v) is 14.0. The number of nitrogens with two attached hydrogens (primary N) is 1. The van der Waals surface area contributed by atoms with Crippen LogP contribution in [0.25, 0.3) is 0 Å². The van der Waals surface area contributed by atoms with Crippen molar-refractivity contribution < 1.29 is 13.2 Å². The van der Waals surface area contributed by atoms with Crippen LogP contribution < -0.4 is 11.1 Å². The zero-order valence-electron chi connectivity index (χ0n) is 13.2. The number of carbonyl (C=O) groups is 1. The summed E-state index contributed by atoms with van der Waals surface area (Å²) in [5.74, 6) is -0.403. The van der Waals surface area contributed by atoms with Gasteiger partial charge in [0.25, 0.3) is 5.91 Å². The molecule has 1 amide bonds. The summed E-state index contributed by atoms with van der Waals surface area (Å²) in [6.07, 6.45) is 2.85. The van der Waals surface area contributed by atoms with E-state index in [-0.39, 0.29) is 28.7 Å². The first kappa shape index (κ1) is 17.5. The Morgan fingerprint density at radius 3 is 2.54 bits per heavy atom. The molecule has 0 radical (unpaired) electrons. The van der Waals surface area contributed by atoms with Gasteiger partial charge in [0, 0.05) is 18.1 Å². The Hall–Kier alpha value is -2.86. The van der Waals surface area contributed by atoms with Gasteiger partial charge in [-0.25, -0.2) is 8.42 Å². The highest BCUT2D eigenvalue weighted by atomic mass is 32.2. The van der Waals surface area contributed by atoms with Crippen molar-refractivity contribution in [3.05, 3.63) is 36.0 Å². The van der Waals surface area contributed by atoms with E-state index in [0.717, 1.165) is 6.26 Å². The molecule has 2 rings (SSSR count). The summed E-state index contributed by atoms with van der Waals surface area (Å²) in [6.45, 7) is 1.80. The molecule has 0 aliphatic rings. The highest BCUT2D eigenvalue weighted by molar-refractivity contribution is 7.90. The van der Waals surface area contributed by atoms with Crippen molar-refractivity contribution in [2.75, 3.05) is 11.6 Å². The molecule has 1 heterocycles. The number of benzene rings is 1. The maximum Gasteiger partial charge on any atom is 0.254 e. The molecule has 1 aromatic carbocycles. The summed E-state index contributed by atoms with van der Waals surface area (Å²) in [4.78, 5) is 11.8. The van der Waals surface area contributed by atoms with Crippen molar-refractivity contribution in [3.63, 3.8) is 0 Å². The summed E-state index contributed by atoms with van der Waals surface area (Å²) < 4.78 is 24.4. The first-order valence-electron chi connectivity index (χ1n) is 7.05. The Balaban J connectivity index is 2.31. The minimum Gasteiger partial charge on any atom is -0.365 e. The maximum absolute atomic E-state index is 11.6. The molecule has 3 N–H and O–H groups in total. The van der Waals surface area contributed by atoms with E-state index in [1.807, 2.05) is 6.07 Å². The monoisotopic (exact) mass is 347 g/mol. The number of amides is 1. The maximum atomic E-state index is 11.6. The second-order valence-electron chi connectivity index (χ2n) is 5.37. The number of hydrogen-bond acceptors (Lipinski definition) is 6. The lowest BCUT2D eigenvalue weighted by Gasteiger charge is -2.07. The van der Waals surface area contributed by atoms with E-state index in [1.165, 1.54) is 23.0 Å². The summed E-state index contributed by atoms with van der Waals surface area (Å²) in [5, 5.41) is 16.0. The van der Waals surface area contributed by atoms with Crippen LogP contribution >= 0.6 is 0 Å². The molecule has 126 valence electrons. The third-order valence-corrected chi connectivity index (χ3v) is 4.51. The van der Waals surface area contributed by atoms with Gasteiger partial charge < -0.3 is 11.1 Å². The van der Waals surface area contributed by atoms with Crippen molar-refractivity contribution in [2.45, 2.75) is 24.3 Å². The highest BCUT2D eigenvalue weighted by Gasteiger charge is 2.17. The Morgan fingerprint density at radius 1 is 1.42 bits per heavy atom. The molecular formula is C15H17N5O3S. The van der Waals surface area contributed by atoms with Crippen molar-refractivity contribution in [2.24, 2.45) is 5.73 Å². The minimum absolute atomic E-state index is 0.187. The number of carbonyl (C=O) groups excluding carboxylic acids is 1. The number of primary amides is 1. The number of sulfone groups is 1. The molecule has 0 saturated carbocycles. The summed E-state index contributed by atoms with van der Waals surface area (Å²) in [5.41, 5.74) is 6.11. The molecule has 1 aromatic heterocycles. The number of rotatable bonds is 6. The zero-order chi connectivity index (χ0) is 17.9.